The smallest absolute Gasteiger partial charge is 0.323 e. The average Bonchev–Trinajstić information content (AvgIpc) is 3.02. The number of aromatic nitrogens is 2. The van der Waals surface area contributed by atoms with Crippen molar-refractivity contribution in [2.75, 3.05) is 29.9 Å². The first-order valence-corrected chi connectivity index (χ1v) is 10.5. The van der Waals surface area contributed by atoms with Crippen molar-refractivity contribution < 1.29 is 26.8 Å². The van der Waals surface area contributed by atoms with E-state index in [2.05, 4.69) is 20.6 Å². The van der Waals surface area contributed by atoms with Crippen molar-refractivity contribution in [1.29, 1.82) is 0 Å². The van der Waals surface area contributed by atoms with Gasteiger partial charge in [-0.05, 0) is 12.1 Å². The third-order valence-electron chi connectivity index (χ3n) is 4.67. The number of hydrogen-bond donors (Lipinski definition) is 2. The second-order valence-electron chi connectivity index (χ2n) is 6.57. The fraction of sp³-hybridized carbons (Fsp3) is 0.294. The van der Waals surface area contributed by atoms with Crippen molar-refractivity contribution in [1.82, 2.24) is 20.2 Å². The number of hydrogen-bond acceptors (Lipinski definition) is 6. The lowest BCUT2D eigenvalue weighted by molar-refractivity contribution is 0.0966. The first kappa shape index (κ1) is 19.2. The van der Waals surface area contributed by atoms with Crippen LogP contribution in [0.4, 0.5) is 19.4 Å². The molecule has 4 rings (SSSR count). The van der Waals surface area contributed by atoms with Crippen LogP contribution in [-0.4, -0.2) is 59.8 Å². The average molecular weight is 423 g/mol. The van der Waals surface area contributed by atoms with Crippen LogP contribution < -0.4 is 10.6 Å². The van der Waals surface area contributed by atoms with Gasteiger partial charge in [0.2, 0.25) is 0 Å². The van der Waals surface area contributed by atoms with Gasteiger partial charge in [0.1, 0.15) is 17.2 Å². The van der Waals surface area contributed by atoms with Gasteiger partial charge < -0.3 is 10.2 Å². The quantitative estimate of drug-likeness (QED) is 0.741. The fourth-order valence-electron chi connectivity index (χ4n) is 3.14. The minimum absolute atomic E-state index is 0.00322. The molecule has 1 aromatic carbocycles. The molecule has 0 spiro atoms. The van der Waals surface area contributed by atoms with Gasteiger partial charge in [-0.3, -0.25) is 10.1 Å². The van der Waals surface area contributed by atoms with E-state index in [0.717, 1.165) is 12.1 Å². The van der Waals surface area contributed by atoms with Gasteiger partial charge in [0.15, 0.2) is 21.5 Å². The number of nitrogens with zero attached hydrogens (tertiary/aromatic N) is 3. The summed E-state index contributed by atoms with van der Waals surface area (Å²) in [5, 5.41) is 4.98. The molecule has 1 aromatic heterocycles. The van der Waals surface area contributed by atoms with Gasteiger partial charge >= 0.3 is 6.03 Å². The number of rotatable bonds is 2. The lowest BCUT2D eigenvalue weighted by atomic mass is 10.1. The number of benzene rings is 1. The molecule has 0 unspecified atom stereocenters. The zero-order chi connectivity index (χ0) is 20.8. The van der Waals surface area contributed by atoms with Gasteiger partial charge in [-0.1, -0.05) is 6.07 Å². The molecule has 2 N–H and O–H groups in total. The summed E-state index contributed by atoms with van der Waals surface area (Å²) in [5.74, 6) is -3.16. The number of carbonyl (C=O) groups is 2. The van der Waals surface area contributed by atoms with E-state index in [0.29, 0.717) is 0 Å². The summed E-state index contributed by atoms with van der Waals surface area (Å²) in [6, 6.07) is 2.62. The van der Waals surface area contributed by atoms with E-state index in [4.69, 9.17) is 0 Å². The molecule has 9 nitrogen and oxygen atoms in total. The SMILES string of the molecule is O=C1NCc2nc(-c3c(F)cccc3F)nc(NC(=O)N3CCS(=O)(=O)CC3)c21. The first-order valence-electron chi connectivity index (χ1n) is 8.65. The summed E-state index contributed by atoms with van der Waals surface area (Å²) in [6.45, 7) is -0.00451. The van der Waals surface area contributed by atoms with Gasteiger partial charge in [0, 0.05) is 13.1 Å². The number of sulfone groups is 1. The fourth-order valence-corrected chi connectivity index (χ4v) is 4.34. The Morgan fingerprint density at radius 3 is 2.41 bits per heavy atom. The highest BCUT2D eigenvalue weighted by molar-refractivity contribution is 7.91. The maximum absolute atomic E-state index is 14.2. The van der Waals surface area contributed by atoms with E-state index >= 15 is 0 Å². The van der Waals surface area contributed by atoms with Crippen LogP contribution in [0.3, 0.4) is 0 Å². The number of urea groups is 1. The number of halogens is 2. The molecule has 1 fully saturated rings. The van der Waals surface area contributed by atoms with Crippen LogP contribution in [0.1, 0.15) is 16.1 Å². The van der Waals surface area contributed by atoms with E-state index in [-0.39, 0.29) is 54.0 Å². The van der Waals surface area contributed by atoms with Gasteiger partial charge in [-0.15, -0.1) is 0 Å². The standard InChI is InChI=1S/C17H15F2N5O4S/c18-9-2-1-3-10(19)12(9)14-21-11-8-20-16(25)13(11)15(22-14)23-17(26)24-4-6-29(27,28)7-5-24/h1-3H,4-8H2,(H,20,25)(H,21,22,23,26). The number of fused-ring (bicyclic) bond motifs is 1. The summed E-state index contributed by atoms with van der Waals surface area (Å²) >= 11 is 0. The summed E-state index contributed by atoms with van der Waals surface area (Å²) in [5.41, 5.74) is -0.281. The third-order valence-corrected chi connectivity index (χ3v) is 6.28. The predicted molar refractivity (Wildman–Crippen MR) is 97.8 cm³/mol. The van der Waals surface area contributed by atoms with Crippen LogP contribution in [-0.2, 0) is 16.4 Å². The lowest BCUT2D eigenvalue weighted by Crippen LogP contribution is -2.45. The molecule has 29 heavy (non-hydrogen) atoms. The maximum atomic E-state index is 14.2. The maximum Gasteiger partial charge on any atom is 0.323 e. The monoisotopic (exact) mass is 423 g/mol. The summed E-state index contributed by atoms with van der Waals surface area (Å²) in [6.07, 6.45) is 0. The van der Waals surface area contributed by atoms with Crippen molar-refractivity contribution in [3.8, 4) is 11.4 Å². The van der Waals surface area contributed by atoms with E-state index < -0.39 is 39.0 Å². The molecule has 12 heteroatoms. The second-order valence-corrected chi connectivity index (χ2v) is 8.87. The highest BCUT2D eigenvalue weighted by Crippen LogP contribution is 2.29. The van der Waals surface area contributed by atoms with Crippen LogP contribution in [0.2, 0.25) is 0 Å². The van der Waals surface area contributed by atoms with Crippen molar-refractivity contribution in [3.05, 3.63) is 41.1 Å². The van der Waals surface area contributed by atoms with Crippen LogP contribution >= 0.6 is 0 Å². The zero-order valence-electron chi connectivity index (χ0n) is 14.9. The van der Waals surface area contributed by atoms with Gasteiger partial charge in [-0.2, -0.15) is 0 Å². The highest BCUT2D eigenvalue weighted by atomic mass is 32.2. The largest absolute Gasteiger partial charge is 0.346 e. The van der Waals surface area contributed by atoms with E-state index in [1.165, 1.54) is 11.0 Å². The second kappa shape index (κ2) is 7.03. The third kappa shape index (κ3) is 3.62. The highest BCUT2D eigenvalue weighted by Gasteiger charge is 2.31. The zero-order valence-corrected chi connectivity index (χ0v) is 15.7. The van der Waals surface area contributed by atoms with Crippen LogP contribution in [0.15, 0.2) is 18.2 Å². The normalized spacial score (nSPS) is 17.6. The number of amides is 3. The Morgan fingerprint density at radius 1 is 1.10 bits per heavy atom. The molecule has 0 bridgehead atoms. The molecule has 3 amide bonds. The minimum Gasteiger partial charge on any atom is -0.346 e. The summed E-state index contributed by atoms with van der Waals surface area (Å²) in [4.78, 5) is 34.0. The number of anilines is 1. The van der Waals surface area contributed by atoms with Crippen molar-refractivity contribution in [2.45, 2.75) is 6.54 Å². The van der Waals surface area contributed by atoms with Crippen LogP contribution in [0.25, 0.3) is 11.4 Å². The molecule has 0 aliphatic carbocycles. The van der Waals surface area contributed by atoms with Crippen LogP contribution in [0.5, 0.6) is 0 Å². The van der Waals surface area contributed by atoms with Gasteiger partial charge in [-0.25, -0.2) is 32.0 Å². The van der Waals surface area contributed by atoms with Crippen molar-refractivity contribution in [2.24, 2.45) is 0 Å². The number of carbonyl (C=O) groups excluding carboxylic acids is 2. The number of nitrogens with one attached hydrogen (secondary N) is 2. The Balaban J connectivity index is 1.70. The molecular formula is C17H15F2N5O4S. The minimum atomic E-state index is -3.19. The molecule has 2 aliphatic heterocycles. The van der Waals surface area contributed by atoms with E-state index in [1.807, 2.05) is 0 Å². The van der Waals surface area contributed by atoms with Crippen molar-refractivity contribution in [3.63, 3.8) is 0 Å². The van der Waals surface area contributed by atoms with E-state index in [9.17, 15) is 26.8 Å². The van der Waals surface area contributed by atoms with Gasteiger partial charge in [0.05, 0.1) is 29.3 Å². The van der Waals surface area contributed by atoms with Crippen LogP contribution in [0, 0.1) is 11.6 Å². The Bertz CT molecular complexity index is 1100. The molecule has 2 aliphatic rings. The topological polar surface area (TPSA) is 121 Å². The van der Waals surface area contributed by atoms with E-state index in [1.54, 1.807) is 0 Å². The molecule has 2 aromatic rings. The molecule has 1 saturated heterocycles. The lowest BCUT2D eigenvalue weighted by Gasteiger charge is -2.26. The summed E-state index contributed by atoms with van der Waals surface area (Å²) in [7, 11) is -3.19. The first-order chi connectivity index (χ1) is 13.7. The molecule has 0 atom stereocenters. The molecule has 3 heterocycles. The summed E-state index contributed by atoms with van der Waals surface area (Å²) < 4.78 is 51.4. The molecule has 0 saturated carbocycles. The Kier molecular flexibility index (Phi) is 4.65. The Morgan fingerprint density at radius 2 is 1.76 bits per heavy atom. The Labute approximate surface area is 164 Å². The van der Waals surface area contributed by atoms with Gasteiger partial charge in [0.25, 0.3) is 5.91 Å². The molecule has 0 radical (unpaired) electrons. The van der Waals surface area contributed by atoms with Crippen molar-refractivity contribution >= 4 is 27.6 Å². The Hall–Kier alpha value is -3.15. The predicted octanol–water partition coefficient (Wildman–Crippen LogP) is 0.927. The molecule has 152 valence electrons. The molecular weight excluding hydrogens is 408 g/mol.